The Morgan fingerprint density at radius 2 is 1.95 bits per heavy atom. The number of hydrogen-bond acceptors (Lipinski definition) is 6. The molecule has 1 amide bonds. The molecule has 2 heterocycles. The molecule has 214 valence electrons. The minimum atomic E-state index is -4.47. The number of likely N-dealkylation sites (tertiary alicyclic amines) is 1. The minimum Gasteiger partial charge on any atom is -0.466 e. The second-order valence-electron chi connectivity index (χ2n) is 9.55. The highest BCUT2D eigenvalue weighted by Gasteiger charge is 2.32. The van der Waals surface area contributed by atoms with Crippen molar-refractivity contribution in [2.24, 2.45) is 5.92 Å². The van der Waals surface area contributed by atoms with E-state index in [-0.39, 0.29) is 56.2 Å². The quantitative estimate of drug-likeness (QED) is 0.258. The van der Waals surface area contributed by atoms with Crippen molar-refractivity contribution in [2.75, 3.05) is 19.7 Å². The first-order chi connectivity index (χ1) is 19.0. The van der Waals surface area contributed by atoms with Gasteiger partial charge < -0.3 is 14.1 Å². The number of aromatic nitrogens is 1. The van der Waals surface area contributed by atoms with Crippen LogP contribution in [0, 0.1) is 5.92 Å². The van der Waals surface area contributed by atoms with Crippen LogP contribution in [0.4, 0.5) is 13.2 Å². The van der Waals surface area contributed by atoms with Gasteiger partial charge in [0, 0.05) is 36.2 Å². The second-order valence-corrected chi connectivity index (χ2v) is 10.4. The summed E-state index contributed by atoms with van der Waals surface area (Å²) >= 11 is 12.4. The molecular formula is C28H28Cl2F3N3O4. The third kappa shape index (κ3) is 7.77. The summed E-state index contributed by atoms with van der Waals surface area (Å²) < 4.78 is 50.6. The molecular weight excluding hydrogens is 570 g/mol. The zero-order valence-corrected chi connectivity index (χ0v) is 23.2. The molecule has 2 aromatic carbocycles. The van der Waals surface area contributed by atoms with Crippen LogP contribution in [-0.4, -0.2) is 46.4 Å². The lowest BCUT2D eigenvalue weighted by Gasteiger charge is -2.30. The van der Waals surface area contributed by atoms with Gasteiger partial charge in [0.15, 0.2) is 5.69 Å². The Bertz CT molecular complexity index is 1350. The highest BCUT2D eigenvalue weighted by Crippen LogP contribution is 2.30. The van der Waals surface area contributed by atoms with Gasteiger partial charge >= 0.3 is 12.1 Å². The molecule has 40 heavy (non-hydrogen) atoms. The third-order valence-electron chi connectivity index (χ3n) is 6.53. The van der Waals surface area contributed by atoms with Crippen LogP contribution in [0.1, 0.15) is 52.8 Å². The van der Waals surface area contributed by atoms with Gasteiger partial charge in [0.25, 0.3) is 5.91 Å². The summed E-state index contributed by atoms with van der Waals surface area (Å²) in [7, 11) is 0. The van der Waals surface area contributed by atoms with E-state index in [1.165, 1.54) is 12.3 Å². The number of alkyl halides is 3. The molecule has 1 aromatic heterocycles. The van der Waals surface area contributed by atoms with Crippen molar-refractivity contribution in [3.63, 3.8) is 0 Å². The van der Waals surface area contributed by atoms with Gasteiger partial charge in [0.1, 0.15) is 6.26 Å². The Morgan fingerprint density at radius 3 is 2.67 bits per heavy atom. The summed E-state index contributed by atoms with van der Waals surface area (Å²) in [6, 6.07) is 10.1. The van der Waals surface area contributed by atoms with Gasteiger partial charge in [-0.15, -0.1) is 0 Å². The molecule has 1 fully saturated rings. The number of carbonyl (C=O) groups excluding carboxylic acids is 2. The number of piperidine rings is 1. The van der Waals surface area contributed by atoms with Crippen LogP contribution in [0.15, 0.2) is 53.1 Å². The zero-order chi connectivity index (χ0) is 28.9. The molecule has 12 heteroatoms. The van der Waals surface area contributed by atoms with Crippen LogP contribution in [0.3, 0.4) is 0 Å². The van der Waals surface area contributed by atoms with Crippen molar-refractivity contribution >= 4 is 35.1 Å². The number of nitrogens with zero attached hydrogens (tertiary/aromatic N) is 3. The number of rotatable bonds is 9. The van der Waals surface area contributed by atoms with Crippen LogP contribution < -0.4 is 0 Å². The smallest absolute Gasteiger partial charge is 0.416 e. The fraction of sp³-hybridized carbons (Fsp3) is 0.393. The predicted octanol–water partition coefficient (Wildman–Crippen LogP) is 6.62. The maximum atomic E-state index is 13.3. The number of halogens is 5. The summed E-state index contributed by atoms with van der Waals surface area (Å²) in [4.78, 5) is 33.0. The van der Waals surface area contributed by atoms with E-state index in [1.54, 1.807) is 36.1 Å². The molecule has 0 saturated carbocycles. The van der Waals surface area contributed by atoms with Gasteiger partial charge in [-0.3, -0.25) is 14.5 Å². The van der Waals surface area contributed by atoms with Crippen LogP contribution in [0.25, 0.3) is 0 Å². The monoisotopic (exact) mass is 597 g/mol. The average Bonchev–Trinajstić information content (AvgIpc) is 3.38. The summed E-state index contributed by atoms with van der Waals surface area (Å²) in [5.74, 6) is -0.878. The van der Waals surface area contributed by atoms with Crippen LogP contribution in [0.2, 0.25) is 10.0 Å². The molecule has 1 atom stereocenters. The summed E-state index contributed by atoms with van der Waals surface area (Å²) in [6.07, 6.45) is -1.92. The van der Waals surface area contributed by atoms with Gasteiger partial charge in [-0.1, -0.05) is 47.5 Å². The molecule has 0 spiro atoms. The fourth-order valence-electron chi connectivity index (χ4n) is 4.61. The van der Waals surface area contributed by atoms with Crippen molar-refractivity contribution in [3.05, 3.63) is 87.0 Å². The summed E-state index contributed by atoms with van der Waals surface area (Å²) in [5, 5.41) is 0.864. The number of oxazole rings is 1. The third-order valence-corrected chi connectivity index (χ3v) is 7.11. The Morgan fingerprint density at radius 1 is 1.15 bits per heavy atom. The molecule has 3 aromatic rings. The van der Waals surface area contributed by atoms with Crippen molar-refractivity contribution in [2.45, 2.75) is 45.6 Å². The molecule has 0 bridgehead atoms. The molecule has 7 nitrogen and oxygen atoms in total. The molecule has 1 saturated heterocycles. The molecule has 0 unspecified atom stereocenters. The van der Waals surface area contributed by atoms with Crippen LogP contribution in [-0.2, 0) is 35.3 Å². The van der Waals surface area contributed by atoms with Gasteiger partial charge in [-0.05, 0) is 49.1 Å². The van der Waals surface area contributed by atoms with E-state index in [4.69, 9.17) is 32.4 Å². The fourth-order valence-corrected chi connectivity index (χ4v) is 5.08. The standard InChI is InChI=1S/C28H28Cl2F3N3O4/c1-2-39-27(38)20-6-4-10-36(15-20)26(37)24-17-40-25(34-24)16-35(14-19-8-9-22(29)12-23(19)30)13-18-5-3-7-21(11-18)28(31,32)33/h3,5,7-9,11-12,17,20H,2,4,6,10,13-16H2,1H3/t20-/m1/s1. The Kier molecular flexibility index (Phi) is 9.76. The van der Waals surface area contributed by atoms with Crippen molar-refractivity contribution in [1.29, 1.82) is 0 Å². The number of ether oxygens (including phenoxy) is 1. The molecule has 0 aliphatic carbocycles. The van der Waals surface area contributed by atoms with Crippen molar-refractivity contribution in [3.8, 4) is 0 Å². The van der Waals surface area contributed by atoms with Crippen molar-refractivity contribution < 1.29 is 31.9 Å². The Labute approximate surface area is 239 Å². The van der Waals surface area contributed by atoms with Gasteiger partial charge in [0.2, 0.25) is 5.89 Å². The normalized spacial score (nSPS) is 15.9. The molecule has 0 N–H and O–H groups in total. The average molecular weight is 598 g/mol. The Balaban J connectivity index is 1.51. The summed E-state index contributed by atoms with van der Waals surface area (Å²) in [6.45, 7) is 3.19. The maximum Gasteiger partial charge on any atom is 0.416 e. The summed E-state index contributed by atoms with van der Waals surface area (Å²) in [5.41, 5.74) is 0.476. The number of esters is 1. The highest BCUT2D eigenvalue weighted by atomic mass is 35.5. The van der Waals surface area contributed by atoms with E-state index in [9.17, 15) is 22.8 Å². The Hall–Kier alpha value is -3.08. The SMILES string of the molecule is CCOC(=O)[C@@H]1CCCN(C(=O)c2coc(CN(Cc3cccc(C(F)(F)F)c3)Cc3ccc(Cl)cc3Cl)n2)C1. The number of benzene rings is 2. The van der Waals surface area contributed by atoms with Crippen molar-refractivity contribution in [1.82, 2.24) is 14.8 Å². The first-order valence-corrected chi connectivity index (χ1v) is 13.5. The molecule has 4 rings (SSSR count). The first-order valence-electron chi connectivity index (χ1n) is 12.8. The van der Waals surface area contributed by atoms with Gasteiger partial charge in [-0.2, -0.15) is 13.2 Å². The first kappa shape index (κ1) is 29.9. The lowest BCUT2D eigenvalue weighted by molar-refractivity contribution is -0.149. The lowest BCUT2D eigenvalue weighted by atomic mass is 9.98. The largest absolute Gasteiger partial charge is 0.466 e. The van der Waals surface area contributed by atoms with Gasteiger partial charge in [-0.25, -0.2) is 4.98 Å². The highest BCUT2D eigenvalue weighted by molar-refractivity contribution is 6.35. The number of amides is 1. The van der Waals surface area contributed by atoms with Crippen LogP contribution >= 0.6 is 23.2 Å². The van der Waals surface area contributed by atoms with Crippen LogP contribution in [0.5, 0.6) is 0 Å². The topological polar surface area (TPSA) is 75.9 Å². The maximum absolute atomic E-state index is 13.3. The van der Waals surface area contributed by atoms with E-state index < -0.39 is 17.7 Å². The van der Waals surface area contributed by atoms with E-state index in [2.05, 4.69) is 4.98 Å². The molecule has 1 aliphatic rings. The number of carbonyl (C=O) groups is 2. The van der Waals surface area contributed by atoms with Gasteiger partial charge in [0.05, 0.1) is 24.6 Å². The molecule has 1 aliphatic heterocycles. The second kappa shape index (κ2) is 13.1. The predicted molar refractivity (Wildman–Crippen MR) is 143 cm³/mol. The van der Waals surface area contributed by atoms with E-state index in [0.717, 1.165) is 12.1 Å². The number of hydrogen-bond donors (Lipinski definition) is 0. The zero-order valence-electron chi connectivity index (χ0n) is 21.7. The van der Waals surface area contributed by atoms with E-state index in [0.29, 0.717) is 40.6 Å². The molecule has 0 radical (unpaired) electrons. The lowest BCUT2D eigenvalue weighted by Crippen LogP contribution is -2.43. The van der Waals surface area contributed by atoms with E-state index in [1.807, 2.05) is 4.90 Å². The minimum absolute atomic E-state index is 0.0862. The van der Waals surface area contributed by atoms with E-state index >= 15 is 0 Å².